The summed E-state index contributed by atoms with van der Waals surface area (Å²) in [5, 5.41) is 7.27. The summed E-state index contributed by atoms with van der Waals surface area (Å²) >= 11 is 0. The summed E-state index contributed by atoms with van der Waals surface area (Å²) in [6.07, 6.45) is 6.07. The number of carbonyl (C=O) groups excluding carboxylic acids is 1. The number of aromatic nitrogens is 2. The zero-order valence-corrected chi connectivity index (χ0v) is 13.1. The maximum Gasteiger partial charge on any atom is 0.224 e. The van der Waals surface area contributed by atoms with Crippen molar-refractivity contribution in [2.24, 2.45) is 11.7 Å². The molecule has 0 aromatic carbocycles. The second kappa shape index (κ2) is 7.56. The number of likely N-dealkylation sites (tertiary alicyclic amines) is 1. The molecule has 3 N–H and O–H groups in total. The molecule has 2 heterocycles. The number of nitrogens with zero attached hydrogens (tertiary/aromatic N) is 3. The van der Waals surface area contributed by atoms with E-state index in [-0.39, 0.29) is 11.8 Å². The average Bonchev–Trinajstić information content (AvgIpc) is 2.94. The van der Waals surface area contributed by atoms with Gasteiger partial charge >= 0.3 is 0 Å². The Morgan fingerprint density at radius 1 is 1.57 bits per heavy atom. The van der Waals surface area contributed by atoms with Crippen molar-refractivity contribution in [3.05, 3.63) is 18.0 Å². The third-order valence-electron chi connectivity index (χ3n) is 3.91. The molecular weight excluding hydrogens is 266 g/mol. The van der Waals surface area contributed by atoms with E-state index in [9.17, 15) is 4.79 Å². The molecule has 1 unspecified atom stereocenters. The Labute approximate surface area is 126 Å². The van der Waals surface area contributed by atoms with Crippen molar-refractivity contribution in [3.63, 3.8) is 0 Å². The van der Waals surface area contributed by atoms with Crippen LogP contribution in [0.1, 0.15) is 38.3 Å². The highest BCUT2D eigenvalue weighted by Gasteiger charge is 2.25. The van der Waals surface area contributed by atoms with Crippen LogP contribution in [0.4, 0.5) is 0 Å². The van der Waals surface area contributed by atoms with Crippen molar-refractivity contribution in [3.8, 4) is 0 Å². The topological polar surface area (TPSA) is 76.2 Å². The lowest BCUT2D eigenvalue weighted by Gasteiger charge is -2.31. The number of amides is 1. The van der Waals surface area contributed by atoms with E-state index in [0.29, 0.717) is 19.1 Å². The van der Waals surface area contributed by atoms with E-state index in [0.717, 1.165) is 32.5 Å². The van der Waals surface area contributed by atoms with Crippen LogP contribution in [0.15, 0.2) is 12.4 Å². The van der Waals surface area contributed by atoms with Gasteiger partial charge in [-0.15, -0.1) is 0 Å². The molecule has 21 heavy (non-hydrogen) atoms. The second-order valence-corrected chi connectivity index (χ2v) is 6.08. The Morgan fingerprint density at radius 2 is 2.38 bits per heavy atom. The Balaban J connectivity index is 1.87. The van der Waals surface area contributed by atoms with Gasteiger partial charge in [0.1, 0.15) is 0 Å². The van der Waals surface area contributed by atoms with Crippen LogP contribution >= 0.6 is 0 Å². The number of hydrogen-bond donors (Lipinski definition) is 2. The van der Waals surface area contributed by atoms with Gasteiger partial charge in [0.2, 0.25) is 5.91 Å². The summed E-state index contributed by atoms with van der Waals surface area (Å²) in [5.74, 6) is 0.230. The Kier molecular flexibility index (Phi) is 5.76. The fourth-order valence-corrected chi connectivity index (χ4v) is 2.75. The predicted octanol–water partition coefficient (Wildman–Crippen LogP) is 0.751. The lowest BCUT2D eigenvalue weighted by molar-refractivity contribution is -0.126. The summed E-state index contributed by atoms with van der Waals surface area (Å²) < 4.78 is 1.98. The molecule has 2 rings (SSSR count). The van der Waals surface area contributed by atoms with Gasteiger partial charge in [-0.2, -0.15) is 5.10 Å². The zero-order valence-electron chi connectivity index (χ0n) is 13.1. The molecule has 1 aliphatic rings. The second-order valence-electron chi connectivity index (χ2n) is 6.08. The van der Waals surface area contributed by atoms with Crippen molar-refractivity contribution in [1.82, 2.24) is 20.0 Å². The predicted molar refractivity (Wildman–Crippen MR) is 82.7 cm³/mol. The van der Waals surface area contributed by atoms with Crippen molar-refractivity contribution in [2.75, 3.05) is 26.2 Å². The zero-order chi connectivity index (χ0) is 15.2. The van der Waals surface area contributed by atoms with Crippen LogP contribution in [-0.2, 0) is 11.3 Å². The van der Waals surface area contributed by atoms with Crippen LogP contribution in [0.2, 0.25) is 0 Å². The average molecular weight is 293 g/mol. The first-order valence-electron chi connectivity index (χ1n) is 7.83. The van der Waals surface area contributed by atoms with E-state index < -0.39 is 0 Å². The fourth-order valence-electron chi connectivity index (χ4n) is 2.75. The molecule has 0 spiro atoms. The van der Waals surface area contributed by atoms with Gasteiger partial charge in [-0.3, -0.25) is 14.4 Å². The van der Waals surface area contributed by atoms with Crippen molar-refractivity contribution in [2.45, 2.75) is 39.3 Å². The molecule has 0 radical (unpaired) electrons. The molecule has 1 fully saturated rings. The summed E-state index contributed by atoms with van der Waals surface area (Å²) in [6.45, 7) is 8.04. The highest BCUT2D eigenvalue weighted by atomic mass is 16.1. The van der Waals surface area contributed by atoms with Gasteiger partial charge in [0.25, 0.3) is 0 Å². The van der Waals surface area contributed by atoms with Gasteiger partial charge in [-0.1, -0.05) is 0 Å². The Bertz CT molecular complexity index is 457. The molecule has 118 valence electrons. The molecule has 1 atom stereocenters. The molecule has 1 aromatic heterocycles. The molecule has 1 aromatic rings. The van der Waals surface area contributed by atoms with Crippen LogP contribution in [0.5, 0.6) is 0 Å². The first-order chi connectivity index (χ1) is 10.1. The largest absolute Gasteiger partial charge is 0.355 e. The maximum atomic E-state index is 12.0. The standard InChI is InChI=1S/C15H27N5O/c1-12(2)20-10-13(8-18-20)9-19-7-3-4-14(11-19)15(21)17-6-5-16/h8,10,12,14H,3-7,9,11,16H2,1-2H3,(H,17,21). The normalized spacial score (nSPS) is 19.9. The Hall–Kier alpha value is -1.40. The molecule has 1 aliphatic heterocycles. The molecule has 1 amide bonds. The number of hydrogen-bond acceptors (Lipinski definition) is 4. The van der Waals surface area contributed by atoms with E-state index in [2.05, 4.69) is 35.4 Å². The fraction of sp³-hybridized carbons (Fsp3) is 0.733. The summed E-state index contributed by atoms with van der Waals surface area (Å²) in [6, 6.07) is 0.384. The lowest BCUT2D eigenvalue weighted by atomic mass is 9.97. The van der Waals surface area contributed by atoms with Crippen molar-refractivity contribution < 1.29 is 4.79 Å². The minimum atomic E-state index is 0.0884. The van der Waals surface area contributed by atoms with Crippen LogP contribution in [0.25, 0.3) is 0 Å². The smallest absolute Gasteiger partial charge is 0.224 e. The van der Waals surface area contributed by atoms with E-state index in [1.165, 1.54) is 5.56 Å². The van der Waals surface area contributed by atoms with Gasteiger partial charge in [-0.05, 0) is 33.2 Å². The number of nitrogens with two attached hydrogens (primary N) is 1. The minimum Gasteiger partial charge on any atom is -0.355 e. The summed E-state index contributed by atoms with van der Waals surface area (Å²) in [7, 11) is 0. The third kappa shape index (κ3) is 4.54. The monoisotopic (exact) mass is 293 g/mol. The molecular formula is C15H27N5O. The highest BCUT2D eigenvalue weighted by molar-refractivity contribution is 5.78. The minimum absolute atomic E-state index is 0.0884. The van der Waals surface area contributed by atoms with Gasteiger partial charge in [0.05, 0.1) is 12.1 Å². The van der Waals surface area contributed by atoms with Crippen LogP contribution in [0, 0.1) is 5.92 Å². The lowest BCUT2D eigenvalue weighted by Crippen LogP contribution is -2.43. The number of rotatable bonds is 6. The van der Waals surface area contributed by atoms with Gasteiger partial charge in [-0.25, -0.2) is 0 Å². The van der Waals surface area contributed by atoms with Crippen LogP contribution < -0.4 is 11.1 Å². The van der Waals surface area contributed by atoms with Gasteiger partial charge in [0.15, 0.2) is 0 Å². The van der Waals surface area contributed by atoms with Crippen LogP contribution in [-0.4, -0.2) is 46.8 Å². The van der Waals surface area contributed by atoms with Gasteiger partial charge in [0, 0.05) is 44.0 Å². The van der Waals surface area contributed by atoms with Crippen molar-refractivity contribution in [1.29, 1.82) is 0 Å². The van der Waals surface area contributed by atoms with E-state index in [1.807, 2.05) is 10.9 Å². The number of nitrogens with one attached hydrogen (secondary N) is 1. The first-order valence-corrected chi connectivity index (χ1v) is 7.83. The van der Waals surface area contributed by atoms with Crippen LogP contribution in [0.3, 0.4) is 0 Å². The molecule has 0 saturated carbocycles. The van der Waals surface area contributed by atoms with E-state index >= 15 is 0 Å². The Morgan fingerprint density at radius 3 is 3.05 bits per heavy atom. The molecule has 6 nitrogen and oxygen atoms in total. The number of carbonyl (C=O) groups is 1. The molecule has 6 heteroatoms. The molecule has 1 saturated heterocycles. The third-order valence-corrected chi connectivity index (χ3v) is 3.91. The summed E-state index contributed by atoms with van der Waals surface area (Å²) in [4.78, 5) is 14.4. The first kappa shape index (κ1) is 16.0. The quantitative estimate of drug-likeness (QED) is 0.811. The molecule has 0 aliphatic carbocycles. The van der Waals surface area contributed by atoms with Gasteiger partial charge < -0.3 is 11.1 Å². The maximum absolute atomic E-state index is 12.0. The van der Waals surface area contributed by atoms with E-state index in [4.69, 9.17) is 5.73 Å². The summed E-state index contributed by atoms with van der Waals surface area (Å²) in [5.41, 5.74) is 6.64. The highest BCUT2D eigenvalue weighted by Crippen LogP contribution is 2.19. The van der Waals surface area contributed by atoms with Crippen molar-refractivity contribution >= 4 is 5.91 Å². The molecule has 0 bridgehead atoms. The SMILES string of the molecule is CC(C)n1cc(CN2CCCC(C(=O)NCCN)C2)cn1. The number of piperidine rings is 1. The van der Waals surface area contributed by atoms with E-state index in [1.54, 1.807) is 0 Å².